The van der Waals surface area contributed by atoms with Crippen LogP contribution in [-0.4, -0.2) is 47.7 Å². The van der Waals surface area contributed by atoms with Gasteiger partial charge >= 0.3 is 0 Å². The Balaban J connectivity index is 0.00000441. The number of carbonyl (C=O) groups excluding carboxylic acids is 1. The van der Waals surface area contributed by atoms with E-state index in [0.29, 0.717) is 31.9 Å². The monoisotopic (exact) mass is 351 g/mol. The number of benzene rings is 1. The van der Waals surface area contributed by atoms with Gasteiger partial charge in [0.2, 0.25) is 15.9 Å². The molecule has 0 fully saturated rings. The largest absolute Gasteiger partial charge is 0.383 e. The number of anilines is 1. The maximum atomic E-state index is 12.0. The molecule has 0 saturated heterocycles. The molecule has 1 rings (SSSR count). The molecule has 1 aromatic rings. The molecule has 0 aromatic heterocycles. The van der Waals surface area contributed by atoms with Crippen LogP contribution in [0.1, 0.15) is 6.92 Å². The second-order valence-electron chi connectivity index (χ2n) is 4.35. The second-order valence-corrected chi connectivity index (χ2v) is 6.11. The number of hydrogen-bond acceptors (Lipinski definition) is 5. The van der Waals surface area contributed by atoms with E-state index in [9.17, 15) is 13.2 Å². The smallest absolute Gasteiger partial charge is 0.240 e. The molecule has 0 aliphatic heterocycles. The van der Waals surface area contributed by atoms with Crippen molar-refractivity contribution in [3.05, 3.63) is 24.3 Å². The summed E-state index contributed by atoms with van der Waals surface area (Å²) in [5.74, 6) is -0.203. The van der Waals surface area contributed by atoms with Gasteiger partial charge in [-0.05, 0) is 24.3 Å². The highest BCUT2D eigenvalue weighted by Gasteiger charge is 2.12. The number of amides is 1. The van der Waals surface area contributed by atoms with Crippen LogP contribution in [0.25, 0.3) is 0 Å². The van der Waals surface area contributed by atoms with Gasteiger partial charge in [-0.3, -0.25) is 4.79 Å². The average molecular weight is 352 g/mol. The van der Waals surface area contributed by atoms with Crippen molar-refractivity contribution < 1.29 is 17.9 Å². The van der Waals surface area contributed by atoms with Crippen LogP contribution < -0.4 is 15.4 Å². The number of methoxy groups -OCH3 is 1. The highest BCUT2D eigenvalue weighted by Crippen LogP contribution is 2.13. The summed E-state index contributed by atoms with van der Waals surface area (Å²) in [5.41, 5.74) is 0.558. The van der Waals surface area contributed by atoms with Crippen LogP contribution in [0, 0.1) is 0 Å². The zero-order valence-corrected chi connectivity index (χ0v) is 14.2. The summed E-state index contributed by atoms with van der Waals surface area (Å²) < 4.78 is 31.4. The molecular weight excluding hydrogens is 330 g/mol. The van der Waals surface area contributed by atoms with Gasteiger partial charge in [-0.2, -0.15) is 0 Å². The van der Waals surface area contributed by atoms with Gasteiger partial charge in [-0.25, -0.2) is 13.1 Å². The lowest BCUT2D eigenvalue weighted by Gasteiger charge is -2.08. The van der Waals surface area contributed by atoms with Crippen molar-refractivity contribution in [2.24, 2.45) is 0 Å². The van der Waals surface area contributed by atoms with E-state index < -0.39 is 10.0 Å². The molecule has 0 heterocycles. The van der Waals surface area contributed by atoms with Crippen LogP contribution in [0.5, 0.6) is 0 Å². The number of hydrogen-bond donors (Lipinski definition) is 3. The van der Waals surface area contributed by atoms with E-state index in [1.807, 2.05) is 0 Å². The molecule has 1 aromatic carbocycles. The highest BCUT2D eigenvalue weighted by molar-refractivity contribution is 7.89. The summed E-state index contributed by atoms with van der Waals surface area (Å²) in [5, 5.41) is 5.62. The lowest BCUT2D eigenvalue weighted by atomic mass is 10.3. The Labute approximate surface area is 137 Å². The number of nitrogens with one attached hydrogen (secondary N) is 3. The summed E-state index contributed by atoms with van der Waals surface area (Å²) in [4.78, 5) is 11.0. The predicted octanol–water partition coefficient (Wildman–Crippen LogP) is 0.581. The maximum Gasteiger partial charge on any atom is 0.240 e. The van der Waals surface area contributed by atoms with Gasteiger partial charge in [0.05, 0.1) is 11.5 Å². The third kappa shape index (κ3) is 7.71. The maximum absolute atomic E-state index is 12.0. The Morgan fingerprint density at radius 2 is 1.77 bits per heavy atom. The molecule has 0 unspecified atom stereocenters. The van der Waals surface area contributed by atoms with Gasteiger partial charge < -0.3 is 15.4 Å². The van der Waals surface area contributed by atoms with Crippen molar-refractivity contribution >= 4 is 34.0 Å². The normalized spacial score (nSPS) is 10.8. The van der Waals surface area contributed by atoms with Crippen molar-refractivity contribution in [3.8, 4) is 0 Å². The minimum atomic E-state index is -3.53. The van der Waals surface area contributed by atoms with Crippen molar-refractivity contribution in [2.75, 3.05) is 38.7 Å². The number of sulfonamides is 1. The van der Waals surface area contributed by atoms with Gasteiger partial charge in [0.15, 0.2) is 0 Å². The molecule has 0 bridgehead atoms. The fourth-order valence-electron chi connectivity index (χ4n) is 1.58. The number of ether oxygens (including phenoxy) is 1. The minimum Gasteiger partial charge on any atom is -0.383 e. The summed E-state index contributed by atoms with van der Waals surface area (Å²) >= 11 is 0. The standard InChI is InChI=1S/C13H21N3O4S.ClH/c1-11(17)16-12-3-5-13(6-4-12)21(18,19)15-8-7-14-9-10-20-2;/h3-6,14-15H,7-10H2,1-2H3,(H,16,17);1H. The zero-order chi connectivity index (χ0) is 15.7. The van der Waals surface area contributed by atoms with Crippen LogP contribution in [0.2, 0.25) is 0 Å². The topological polar surface area (TPSA) is 96.5 Å². The average Bonchev–Trinajstić information content (AvgIpc) is 2.42. The van der Waals surface area contributed by atoms with Crippen LogP contribution in [0.3, 0.4) is 0 Å². The summed E-state index contributed by atoms with van der Waals surface area (Å²) in [7, 11) is -1.93. The molecule has 0 spiro atoms. The summed E-state index contributed by atoms with van der Waals surface area (Å²) in [6.07, 6.45) is 0. The van der Waals surface area contributed by atoms with Crippen molar-refractivity contribution in [1.29, 1.82) is 0 Å². The van der Waals surface area contributed by atoms with Gasteiger partial charge in [0.25, 0.3) is 0 Å². The predicted molar refractivity (Wildman–Crippen MR) is 87.9 cm³/mol. The molecule has 126 valence electrons. The number of carbonyl (C=O) groups is 1. The number of halogens is 1. The first kappa shape index (κ1) is 20.8. The van der Waals surface area contributed by atoms with Gasteiger partial charge in [0.1, 0.15) is 0 Å². The Morgan fingerprint density at radius 1 is 1.14 bits per heavy atom. The van der Waals surface area contributed by atoms with E-state index in [2.05, 4.69) is 15.4 Å². The first-order valence-electron chi connectivity index (χ1n) is 6.52. The van der Waals surface area contributed by atoms with E-state index >= 15 is 0 Å². The van der Waals surface area contributed by atoms with Gasteiger partial charge in [-0.1, -0.05) is 0 Å². The highest BCUT2D eigenvalue weighted by atomic mass is 35.5. The van der Waals surface area contributed by atoms with E-state index in [1.165, 1.54) is 19.1 Å². The molecule has 3 N–H and O–H groups in total. The lowest BCUT2D eigenvalue weighted by molar-refractivity contribution is -0.114. The van der Waals surface area contributed by atoms with Crippen molar-refractivity contribution in [3.63, 3.8) is 0 Å². The minimum absolute atomic E-state index is 0. The second kappa shape index (κ2) is 10.5. The Bertz CT molecular complexity index is 549. The SMILES string of the molecule is COCCNCCNS(=O)(=O)c1ccc(NC(C)=O)cc1.Cl. The molecule has 0 aliphatic rings. The summed E-state index contributed by atoms with van der Waals surface area (Å²) in [6.45, 7) is 3.45. The van der Waals surface area contributed by atoms with Gasteiger partial charge in [0, 0.05) is 39.4 Å². The lowest BCUT2D eigenvalue weighted by Crippen LogP contribution is -2.33. The molecular formula is C13H22ClN3O4S. The zero-order valence-electron chi connectivity index (χ0n) is 12.6. The molecule has 0 aliphatic carbocycles. The van der Waals surface area contributed by atoms with Crippen LogP contribution in [0.15, 0.2) is 29.2 Å². The van der Waals surface area contributed by atoms with Crippen LogP contribution in [-0.2, 0) is 19.6 Å². The Hall–Kier alpha value is -1.19. The van der Waals surface area contributed by atoms with E-state index in [4.69, 9.17) is 4.74 Å². The van der Waals surface area contributed by atoms with E-state index in [0.717, 1.165) is 0 Å². The molecule has 1 amide bonds. The Morgan fingerprint density at radius 3 is 2.32 bits per heavy atom. The quantitative estimate of drug-likeness (QED) is 0.565. The fraction of sp³-hybridized carbons (Fsp3) is 0.462. The van der Waals surface area contributed by atoms with E-state index in [1.54, 1.807) is 19.2 Å². The van der Waals surface area contributed by atoms with E-state index in [-0.39, 0.29) is 23.2 Å². The Kier molecular flexibility index (Phi) is 9.95. The third-order valence-corrected chi connectivity index (χ3v) is 4.04. The molecule has 0 radical (unpaired) electrons. The molecule has 7 nitrogen and oxygen atoms in total. The van der Waals surface area contributed by atoms with Gasteiger partial charge in [-0.15, -0.1) is 12.4 Å². The van der Waals surface area contributed by atoms with Crippen molar-refractivity contribution in [1.82, 2.24) is 10.0 Å². The van der Waals surface area contributed by atoms with Crippen LogP contribution in [0.4, 0.5) is 5.69 Å². The number of rotatable bonds is 9. The molecule has 9 heteroatoms. The molecule has 0 atom stereocenters. The first-order chi connectivity index (χ1) is 9.95. The summed E-state index contributed by atoms with van der Waals surface area (Å²) in [6, 6.07) is 6.00. The fourth-order valence-corrected chi connectivity index (χ4v) is 2.61. The first-order valence-corrected chi connectivity index (χ1v) is 8.01. The van der Waals surface area contributed by atoms with Crippen molar-refractivity contribution in [2.45, 2.75) is 11.8 Å². The van der Waals surface area contributed by atoms with Crippen LogP contribution >= 0.6 is 12.4 Å². The molecule has 22 heavy (non-hydrogen) atoms. The molecule has 0 saturated carbocycles. The third-order valence-electron chi connectivity index (χ3n) is 2.56.